The van der Waals surface area contributed by atoms with Crippen molar-refractivity contribution in [1.29, 1.82) is 0 Å². The van der Waals surface area contributed by atoms with E-state index in [0.717, 1.165) is 25.1 Å². The molecule has 0 bridgehead atoms. The van der Waals surface area contributed by atoms with Crippen LogP contribution in [0.15, 0.2) is 23.8 Å². The molecule has 1 saturated heterocycles. The van der Waals surface area contributed by atoms with Crippen LogP contribution in [-0.2, 0) is 11.2 Å². The lowest BCUT2D eigenvalue weighted by Crippen LogP contribution is -2.51. The van der Waals surface area contributed by atoms with Crippen molar-refractivity contribution in [3.8, 4) is 5.75 Å². The van der Waals surface area contributed by atoms with Crippen molar-refractivity contribution >= 4 is 12.0 Å². The lowest BCUT2D eigenvalue weighted by atomic mass is 9.83. The third-order valence-electron chi connectivity index (χ3n) is 5.47. The van der Waals surface area contributed by atoms with Gasteiger partial charge in [0.15, 0.2) is 0 Å². The van der Waals surface area contributed by atoms with Crippen molar-refractivity contribution in [2.24, 2.45) is 17.8 Å². The third-order valence-corrected chi connectivity index (χ3v) is 5.47. The van der Waals surface area contributed by atoms with Crippen molar-refractivity contribution in [2.75, 3.05) is 19.6 Å². The van der Waals surface area contributed by atoms with E-state index < -0.39 is 5.97 Å². The van der Waals surface area contributed by atoms with Gasteiger partial charge in [0, 0.05) is 19.6 Å². The van der Waals surface area contributed by atoms with E-state index in [9.17, 15) is 4.79 Å². The van der Waals surface area contributed by atoms with E-state index in [-0.39, 0.29) is 12.0 Å². The molecule has 4 heteroatoms. The number of rotatable bonds is 7. The number of carboxylic acid groups (broad SMARTS) is 1. The maximum absolute atomic E-state index is 11.0. The molecular weight excluding hydrogens is 326 g/mol. The SMILES string of the molecule is CC(C)C[C@H](C)Oc1ccc2c(c1)C[C@H](C)C(CN1CC(C(=O)O)C1)=C2. The van der Waals surface area contributed by atoms with Crippen LogP contribution in [0, 0.1) is 17.8 Å². The molecule has 1 aromatic rings. The molecule has 2 aliphatic rings. The van der Waals surface area contributed by atoms with Crippen molar-refractivity contribution in [1.82, 2.24) is 4.90 Å². The molecule has 0 spiro atoms. The molecule has 1 heterocycles. The Labute approximate surface area is 156 Å². The topological polar surface area (TPSA) is 49.8 Å². The van der Waals surface area contributed by atoms with Crippen molar-refractivity contribution < 1.29 is 14.6 Å². The maximum Gasteiger partial charge on any atom is 0.309 e. The Balaban J connectivity index is 1.64. The fourth-order valence-electron chi connectivity index (χ4n) is 4.04. The zero-order valence-electron chi connectivity index (χ0n) is 16.4. The zero-order chi connectivity index (χ0) is 18.8. The predicted octanol–water partition coefficient (Wildman–Crippen LogP) is 4.09. The Bertz CT molecular complexity index is 689. The Morgan fingerprint density at radius 3 is 2.69 bits per heavy atom. The summed E-state index contributed by atoms with van der Waals surface area (Å²) in [6, 6.07) is 6.43. The van der Waals surface area contributed by atoms with E-state index in [1.807, 2.05) is 0 Å². The summed E-state index contributed by atoms with van der Waals surface area (Å²) in [6.45, 7) is 11.1. The average Bonchev–Trinajstić information content (AvgIpc) is 2.49. The second-order valence-electron chi connectivity index (χ2n) is 8.47. The van der Waals surface area contributed by atoms with Crippen LogP contribution in [0.25, 0.3) is 6.08 Å². The van der Waals surface area contributed by atoms with Crippen LogP contribution in [0.3, 0.4) is 0 Å². The number of hydrogen-bond acceptors (Lipinski definition) is 3. The van der Waals surface area contributed by atoms with Gasteiger partial charge >= 0.3 is 5.97 Å². The Morgan fingerprint density at radius 1 is 1.31 bits per heavy atom. The van der Waals surface area contributed by atoms with Gasteiger partial charge < -0.3 is 9.84 Å². The highest BCUT2D eigenvalue weighted by atomic mass is 16.5. The van der Waals surface area contributed by atoms with Gasteiger partial charge in [-0.2, -0.15) is 0 Å². The molecule has 142 valence electrons. The highest BCUT2D eigenvalue weighted by Crippen LogP contribution is 2.33. The molecule has 4 nitrogen and oxygen atoms in total. The van der Waals surface area contributed by atoms with Crippen LogP contribution >= 0.6 is 0 Å². The van der Waals surface area contributed by atoms with Gasteiger partial charge in [-0.1, -0.05) is 38.5 Å². The molecule has 1 aliphatic heterocycles. The monoisotopic (exact) mass is 357 g/mol. The lowest BCUT2D eigenvalue weighted by Gasteiger charge is -2.38. The van der Waals surface area contributed by atoms with Gasteiger partial charge in [-0.3, -0.25) is 9.69 Å². The van der Waals surface area contributed by atoms with Gasteiger partial charge in [0.1, 0.15) is 5.75 Å². The normalized spacial score (nSPS) is 21.7. The summed E-state index contributed by atoms with van der Waals surface area (Å²) < 4.78 is 6.09. The number of ether oxygens (including phenoxy) is 1. The molecule has 1 aliphatic carbocycles. The van der Waals surface area contributed by atoms with E-state index in [4.69, 9.17) is 9.84 Å². The molecule has 0 aromatic heterocycles. The first-order valence-corrected chi connectivity index (χ1v) is 9.77. The second kappa shape index (κ2) is 7.83. The number of carboxylic acids is 1. The summed E-state index contributed by atoms with van der Waals surface area (Å²) in [5.41, 5.74) is 4.03. The molecule has 0 amide bonds. The summed E-state index contributed by atoms with van der Waals surface area (Å²) in [4.78, 5) is 13.2. The van der Waals surface area contributed by atoms with Crippen LogP contribution in [0.1, 0.15) is 45.2 Å². The van der Waals surface area contributed by atoms with E-state index in [1.165, 1.54) is 16.7 Å². The van der Waals surface area contributed by atoms with Crippen LogP contribution in [0.2, 0.25) is 0 Å². The fourth-order valence-corrected chi connectivity index (χ4v) is 4.04. The summed E-state index contributed by atoms with van der Waals surface area (Å²) >= 11 is 0. The molecule has 0 unspecified atom stereocenters. The van der Waals surface area contributed by atoms with E-state index in [1.54, 1.807) is 0 Å². The molecule has 0 saturated carbocycles. The van der Waals surface area contributed by atoms with E-state index in [2.05, 4.69) is 56.9 Å². The highest BCUT2D eigenvalue weighted by molar-refractivity contribution is 5.71. The number of likely N-dealkylation sites (tertiary alicyclic amines) is 1. The maximum atomic E-state index is 11.0. The Kier molecular flexibility index (Phi) is 5.71. The molecule has 0 radical (unpaired) electrons. The summed E-state index contributed by atoms with van der Waals surface area (Å²) in [6.07, 6.45) is 4.60. The minimum absolute atomic E-state index is 0.186. The fraction of sp³-hybridized carbons (Fsp3) is 0.591. The van der Waals surface area contributed by atoms with Crippen LogP contribution in [0.5, 0.6) is 5.75 Å². The minimum atomic E-state index is -0.670. The molecule has 1 aromatic carbocycles. The van der Waals surface area contributed by atoms with Gasteiger partial charge in [0.2, 0.25) is 0 Å². The number of nitrogens with zero attached hydrogens (tertiary/aromatic N) is 1. The molecule has 26 heavy (non-hydrogen) atoms. The van der Waals surface area contributed by atoms with Crippen LogP contribution < -0.4 is 4.74 Å². The molecular formula is C22H31NO3. The Hall–Kier alpha value is -1.81. The first kappa shape index (κ1) is 19.0. The van der Waals surface area contributed by atoms with Crippen LogP contribution in [-0.4, -0.2) is 41.7 Å². The molecule has 2 atom stereocenters. The van der Waals surface area contributed by atoms with Crippen molar-refractivity contribution in [3.63, 3.8) is 0 Å². The largest absolute Gasteiger partial charge is 0.491 e. The molecule has 1 N–H and O–H groups in total. The van der Waals surface area contributed by atoms with Crippen molar-refractivity contribution in [2.45, 2.75) is 46.6 Å². The Morgan fingerprint density at radius 2 is 2.04 bits per heavy atom. The summed E-state index contributed by atoms with van der Waals surface area (Å²) in [5.74, 6) is 1.23. The van der Waals surface area contributed by atoms with Gasteiger partial charge in [-0.15, -0.1) is 0 Å². The summed E-state index contributed by atoms with van der Waals surface area (Å²) in [7, 11) is 0. The van der Waals surface area contributed by atoms with E-state index >= 15 is 0 Å². The molecule has 1 fully saturated rings. The first-order valence-electron chi connectivity index (χ1n) is 9.77. The van der Waals surface area contributed by atoms with Crippen molar-refractivity contribution in [3.05, 3.63) is 34.9 Å². The second-order valence-corrected chi connectivity index (χ2v) is 8.47. The van der Waals surface area contributed by atoms with Gasteiger partial charge in [0.05, 0.1) is 12.0 Å². The van der Waals surface area contributed by atoms with Gasteiger partial charge in [0.25, 0.3) is 0 Å². The lowest BCUT2D eigenvalue weighted by molar-refractivity contribution is -0.147. The molecule has 3 rings (SSSR count). The van der Waals surface area contributed by atoms with Gasteiger partial charge in [-0.25, -0.2) is 0 Å². The minimum Gasteiger partial charge on any atom is -0.491 e. The number of carbonyl (C=O) groups is 1. The average molecular weight is 357 g/mol. The van der Waals surface area contributed by atoms with Crippen LogP contribution in [0.4, 0.5) is 0 Å². The number of hydrogen-bond donors (Lipinski definition) is 1. The number of fused-ring (bicyclic) bond motifs is 1. The predicted molar refractivity (Wildman–Crippen MR) is 104 cm³/mol. The van der Waals surface area contributed by atoms with Gasteiger partial charge in [-0.05, 0) is 54.9 Å². The zero-order valence-corrected chi connectivity index (χ0v) is 16.4. The standard InChI is InChI=1S/C22H31NO3/c1-14(2)7-16(4)26-21-6-5-17-9-19(15(3)8-18(17)10-21)11-23-12-20(13-23)22(24)25/h5-6,9-10,14-16,20H,7-8,11-13H2,1-4H3,(H,24,25)/t15-,16-/m0/s1. The number of aliphatic carboxylic acids is 1. The smallest absolute Gasteiger partial charge is 0.309 e. The summed E-state index contributed by atoms with van der Waals surface area (Å²) in [5, 5.41) is 9.02. The number of benzene rings is 1. The highest BCUT2D eigenvalue weighted by Gasteiger charge is 2.33. The quantitative estimate of drug-likeness (QED) is 0.798. The third kappa shape index (κ3) is 4.47. The van der Waals surface area contributed by atoms with E-state index in [0.29, 0.717) is 24.9 Å². The first-order chi connectivity index (χ1) is 12.3.